The van der Waals surface area contributed by atoms with Crippen molar-refractivity contribution < 1.29 is 18.7 Å². The van der Waals surface area contributed by atoms with E-state index in [4.69, 9.17) is 9.47 Å². The summed E-state index contributed by atoms with van der Waals surface area (Å²) in [7, 11) is 0. The van der Waals surface area contributed by atoms with Gasteiger partial charge >= 0.3 is 0 Å². The molecule has 0 saturated carbocycles. The number of nitrogens with zero attached hydrogens (tertiary/aromatic N) is 3. The first-order valence-corrected chi connectivity index (χ1v) is 10.2. The van der Waals surface area contributed by atoms with Gasteiger partial charge in [0.1, 0.15) is 17.1 Å². The fourth-order valence-electron chi connectivity index (χ4n) is 3.49. The lowest BCUT2D eigenvalue weighted by atomic mass is 10.2. The van der Waals surface area contributed by atoms with E-state index in [0.29, 0.717) is 37.6 Å². The molecule has 0 spiro atoms. The van der Waals surface area contributed by atoms with Crippen LogP contribution < -0.4 is 5.32 Å². The summed E-state index contributed by atoms with van der Waals surface area (Å²) in [6.07, 6.45) is 8.09. The maximum atomic E-state index is 14.3. The van der Waals surface area contributed by atoms with Crippen molar-refractivity contribution >= 4 is 5.91 Å². The summed E-state index contributed by atoms with van der Waals surface area (Å²) < 4.78 is 28.7. The molecule has 158 valence electrons. The van der Waals surface area contributed by atoms with Crippen molar-refractivity contribution in [1.82, 2.24) is 19.7 Å². The summed E-state index contributed by atoms with van der Waals surface area (Å²) >= 11 is 0. The number of hydrogen-bond donors (Lipinski definition) is 1. The Morgan fingerprint density at radius 2 is 2.10 bits per heavy atom. The molecule has 1 aromatic carbocycles. The molecular weight excluding hydrogens is 387 g/mol. The Balaban J connectivity index is 1.41. The van der Waals surface area contributed by atoms with E-state index < -0.39 is 5.82 Å². The van der Waals surface area contributed by atoms with Gasteiger partial charge in [0.2, 0.25) is 0 Å². The number of nitrogens with one attached hydrogen (secondary N) is 1. The highest BCUT2D eigenvalue weighted by atomic mass is 19.1. The number of hydrogen-bond acceptors (Lipinski definition) is 4. The summed E-state index contributed by atoms with van der Waals surface area (Å²) in [5.74, 6) is -0.193. The van der Waals surface area contributed by atoms with Crippen LogP contribution in [-0.4, -0.2) is 52.7 Å². The molecule has 1 unspecified atom stereocenters. The normalized spacial score (nSPS) is 16.1. The van der Waals surface area contributed by atoms with Gasteiger partial charge in [0.15, 0.2) is 5.82 Å². The third-order valence-electron chi connectivity index (χ3n) is 5.00. The van der Waals surface area contributed by atoms with Crippen LogP contribution in [0, 0.1) is 5.82 Å². The highest BCUT2D eigenvalue weighted by Crippen LogP contribution is 2.21. The first-order valence-electron chi connectivity index (χ1n) is 10.2. The number of benzene rings is 1. The van der Waals surface area contributed by atoms with Gasteiger partial charge in [-0.3, -0.25) is 4.79 Å². The second kappa shape index (κ2) is 9.69. The standard InChI is InChI=1S/C22H25FN4O3/c23-19-8-1-2-9-20(19)27-22(26-11-3-4-12-26)18(15-25-27)21(28)24-10-6-13-29-16-17-7-5-14-30-17/h1-4,8-9,11-12,15,17H,5-7,10,13-14,16H2,(H,24,28). The van der Waals surface area contributed by atoms with Gasteiger partial charge in [-0.1, -0.05) is 12.1 Å². The minimum atomic E-state index is -0.413. The zero-order valence-corrected chi connectivity index (χ0v) is 16.7. The van der Waals surface area contributed by atoms with Crippen LogP contribution in [0.3, 0.4) is 0 Å². The Bertz CT molecular complexity index is 965. The van der Waals surface area contributed by atoms with E-state index in [2.05, 4.69) is 10.4 Å². The number of rotatable bonds is 9. The summed E-state index contributed by atoms with van der Waals surface area (Å²) in [6.45, 7) is 2.44. The van der Waals surface area contributed by atoms with Crippen LogP contribution in [0.15, 0.2) is 55.0 Å². The number of halogens is 1. The molecule has 7 nitrogen and oxygen atoms in total. The molecule has 1 fully saturated rings. The van der Waals surface area contributed by atoms with E-state index >= 15 is 0 Å². The van der Waals surface area contributed by atoms with Crippen LogP contribution in [0.4, 0.5) is 4.39 Å². The van der Waals surface area contributed by atoms with E-state index in [1.54, 1.807) is 35.2 Å². The van der Waals surface area contributed by atoms with Crippen molar-refractivity contribution in [2.24, 2.45) is 0 Å². The van der Waals surface area contributed by atoms with E-state index in [1.165, 1.54) is 16.9 Å². The van der Waals surface area contributed by atoms with E-state index in [9.17, 15) is 9.18 Å². The van der Waals surface area contributed by atoms with Crippen LogP contribution in [0.25, 0.3) is 11.5 Å². The van der Waals surface area contributed by atoms with Gasteiger partial charge in [-0.05, 0) is 43.5 Å². The van der Waals surface area contributed by atoms with Gasteiger partial charge < -0.3 is 19.4 Å². The highest BCUT2D eigenvalue weighted by Gasteiger charge is 2.21. The number of para-hydroxylation sites is 1. The van der Waals surface area contributed by atoms with E-state index in [0.717, 1.165) is 19.4 Å². The molecule has 1 aliphatic rings. The minimum Gasteiger partial charge on any atom is -0.379 e. The quantitative estimate of drug-likeness (QED) is 0.548. The number of carbonyl (C=O) groups is 1. The molecule has 8 heteroatoms. The largest absolute Gasteiger partial charge is 0.379 e. The molecule has 1 amide bonds. The SMILES string of the molecule is O=C(NCCCOCC1CCCO1)c1cnn(-c2ccccc2F)c1-n1cccc1. The first-order chi connectivity index (χ1) is 14.7. The average Bonchev–Trinajstić information content (AvgIpc) is 3.52. The van der Waals surface area contributed by atoms with Gasteiger partial charge in [-0.2, -0.15) is 5.10 Å². The Kier molecular flexibility index (Phi) is 6.56. The highest BCUT2D eigenvalue weighted by molar-refractivity contribution is 5.97. The van der Waals surface area contributed by atoms with Gasteiger partial charge in [0.25, 0.3) is 5.91 Å². The first kappa shape index (κ1) is 20.3. The zero-order valence-electron chi connectivity index (χ0n) is 16.7. The second-order valence-electron chi connectivity index (χ2n) is 7.15. The van der Waals surface area contributed by atoms with E-state index in [1.807, 2.05) is 12.1 Å². The van der Waals surface area contributed by atoms with Crippen molar-refractivity contribution in [2.75, 3.05) is 26.4 Å². The molecule has 3 aromatic rings. The fraction of sp³-hybridized carbons (Fsp3) is 0.364. The molecule has 0 bridgehead atoms. The van der Waals surface area contributed by atoms with Crippen LogP contribution >= 0.6 is 0 Å². The fourth-order valence-corrected chi connectivity index (χ4v) is 3.49. The molecule has 3 heterocycles. The lowest BCUT2D eigenvalue weighted by Crippen LogP contribution is -2.26. The van der Waals surface area contributed by atoms with Crippen LogP contribution in [-0.2, 0) is 9.47 Å². The van der Waals surface area contributed by atoms with Crippen molar-refractivity contribution in [3.63, 3.8) is 0 Å². The van der Waals surface area contributed by atoms with Crippen LogP contribution in [0.2, 0.25) is 0 Å². The molecule has 0 radical (unpaired) electrons. The molecule has 1 N–H and O–H groups in total. The van der Waals surface area contributed by atoms with Crippen molar-refractivity contribution in [3.05, 3.63) is 66.4 Å². The molecule has 1 aliphatic heterocycles. The monoisotopic (exact) mass is 412 g/mol. The maximum absolute atomic E-state index is 14.3. The minimum absolute atomic E-state index is 0.202. The third-order valence-corrected chi connectivity index (χ3v) is 5.00. The van der Waals surface area contributed by atoms with Gasteiger partial charge in [-0.25, -0.2) is 9.07 Å². The Hall–Kier alpha value is -2.97. The van der Waals surface area contributed by atoms with Crippen molar-refractivity contribution in [1.29, 1.82) is 0 Å². The molecular formula is C22H25FN4O3. The lowest BCUT2D eigenvalue weighted by Gasteiger charge is -2.12. The Morgan fingerprint density at radius 3 is 2.87 bits per heavy atom. The Labute approximate surface area is 174 Å². The summed E-state index contributed by atoms with van der Waals surface area (Å²) in [5, 5.41) is 7.18. The van der Waals surface area contributed by atoms with Crippen LogP contribution in [0.1, 0.15) is 29.6 Å². The predicted molar refractivity (Wildman–Crippen MR) is 110 cm³/mol. The van der Waals surface area contributed by atoms with Gasteiger partial charge in [-0.15, -0.1) is 0 Å². The second-order valence-corrected chi connectivity index (χ2v) is 7.15. The smallest absolute Gasteiger partial charge is 0.256 e. The third kappa shape index (κ3) is 4.60. The number of amides is 1. The van der Waals surface area contributed by atoms with E-state index in [-0.39, 0.29) is 17.7 Å². The number of ether oxygens (including phenoxy) is 2. The molecule has 30 heavy (non-hydrogen) atoms. The summed E-state index contributed by atoms with van der Waals surface area (Å²) in [5.41, 5.74) is 0.650. The molecule has 1 saturated heterocycles. The molecule has 1 atom stereocenters. The Morgan fingerprint density at radius 1 is 1.27 bits per heavy atom. The van der Waals surface area contributed by atoms with Crippen LogP contribution in [0.5, 0.6) is 0 Å². The van der Waals surface area contributed by atoms with Crippen molar-refractivity contribution in [3.8, 4) is 11.5 Å². The number of aromatic nitrogens is 3. The van der Waals surface area contributed by atoms with Crippen molar-refractivity contribution in [2.45, 2.75) is 25.4 Å². The molecule has 2 aromatic heterocycles. The summed E-state index contributed by atoms with van der Waals surface area (Å²) in [6, 6.07) is 10.0. The average molecular weight is 412 g/mol. The summed E-state index contributed by atoms with van der Waals surface area (Å²) in [4.78, 5) is 12.8. The zero-order chi connectivity index (χ0) is 20.8. The maximum Gasteiger partial charge on any atom is 0.256 e. The predicted octanol–water partition coefficient (Wildman–Crippen LogP) is 3.12. The molecule has 4 rings (SSSR count). The van der Waals surface area contributed by atoms with Gasteiger partial charge in [0, 0.05) is 32.2 Å². The molecule has 0 aliphatic carbocycles. The van der Waals surface area contributed by atoms with Gasteiger partial charge in [0.05, 0.1) is 18.9 Å². The number of carbonyl (C=O) groups excluding carboxylic acids is 1. The topological polar surface area (TPSA) is 70.3 Å². The lowest BCUT2D eigenvalue weighted by molar-refractivity contribution is 0.0166.